The van der Waals surface area contributed by atoms with Gasteiger partial charge in [0, 0.05) is 12.5 Å². The van der Waals surface area contributed by atoms with Crippen molar-refractivity contribution in [2.24, 2.45) is 5.92 Å². The van der Waals surface area contributed by atoms with E-state index in [0.717, 1.165) is 19.3 Å². The molecule has 1 aromatic rings. The second-order valence-electron chi connectivity index (χ2n) is 7.28. The summed E-state index contributed by atoms with van der Waals surface area (Å²) in [6.45, 7) is 10.5. The molecule has 0 aromatic heterocycles. The number of phenolic OH excluding ortho intramolecular Hbond substituents is 2. The molecule has 1 atom stereocenters. The van der Waals surface area contributed by atoms with Crippen LogP contribution in [-0.4, -0.2) is 16.0 Å². The second-order valence-corrected chi connectivity index (χ2v) is 7.28. The van der Waals surface area contributed by atoms with Gasteiger partial charge in [0.05, 0.1) is 5.56 Å². The molecular formula is C23H32O3. The maximum Gasteiger partial charge on any atom is 0.167 e. The van der Waals surface area contributed by atoms with Crippen LogP contribution in [-0.2, 0) is 0 Å². The molecule has 0 bridgehead atoms. The van der Waals surface area contributed by atoms with E-state index in [2.05, 4.69) is 39.0 Å². The molecule has 0 amide bonds. The number of benzene rings is 1. The molecule has 0 fully saturated rings. The largest absolute Gasteiger partial charge is 0.508 e. The van der Waals surface area contributed by atoms with Gasteiger partial charge in [-0.15, -0.1) is 0 Å². The molecule has 3 heteroatoms. The lowest BCUT2D eigenvalue weighted by atomic mass is 9.93. The zero-order valence-corrected chi connectivity index (χ0v) is 16.7. The third-order valence-electron chi connectivity index (χ3n) is 4.55. The molecule has 0 aliphatic rings. The van der Waals surface area contributed by atoms with E-state index in [1.165, 1.54) is 34.9 Å². The quantitative estimate of drug-likeness (QED) is 0.401. The zero-order valence-electron chi connectivity index (χ0n) is 16.7. The summed E-state index contributed by atoms with van der Waals surface area (Å²) in [5.41, 5.74) is 4.17. The third-order valence-corrected chi connectivity index (χ3v) is 4.55. The molecule has 0 heterocycles. The summed E-state index contributed by atoms with van der Waals surface area (Å²) >= 11 is 0. The van der Waals surface area contributed by atoms with E-state index >= 15 is 0 Å². The molecule has 0 radical (unpaired) electrons. The Morgan fingerprint density at radius 2 is 1.77 bits per heavy atom. The Labute approximate surface area is 157 Å². The number of carbonyl (C=O) groups excluding carboxylic acids is 1. The average molecular weight is 357 g/mol. The summed E-state index contributed by atoms with van der Waals surface area (Å²) in [5.74, 6) is -0.222. The van der Waals surface area contributed by atoms with Crippen LogP contribution < -0.4 is 0 Å². The molecule has 3 nitrogen and oxygen atoms in total. The Bertz CT molecular complexity index is 704. The fourth-order valence-corrected chi connectivity index (χ4v) is 2.64. The van der Waals surface area contributed by atoms with Crippen molar-refractivity contribution in [2.45, 2.75) is 60.3 Å². The van der Waals surface area contributed by atoms with Crippen molar-refractivity contribution >= 4 is 5.78 Å². The highest BCUT2D eigenvalue weighted by Crippen LogP contribution is 2.26. The predicted molar refractivity (Wildman–Crippen MR) is 109 cm³/mol. The molecule has 0 unspecified atom stereocenters. The Balaban J connectivity index is 2.57. The van der Waals surface area contributed by atoms with Gasteiger partial charge >= 0.3 is 0 Å². The molecule has 0 spiro atoms. The van der Waals surface area contributed by atoms with Crippen molar-refractivity contribution in [1.82, 2.24) is 0 Å². The highest BCUT2D eigenvalue weighted by Gasteiger charge is 2.16. The van der Waals surface area contributed by atoms with E-state index < -0.39 is 0 Å². The van der Waals surface area contributed by atoms with Gasteiger partial charge in [0.2, 0.25) is 0 Å². The molecule has 2 N–H and O–H groups in total. The first kappa shape index (κ1) is 21.8. The highest BCUT2D eigenvalue weighted by atomic mass is 16.3. The van der Waals surface area contributed by atoms with E-state index in [0.29, 0.717) is 6.42 Å². The summed E-state index contributed by atoms with van der Waals surface area (Å²) in [6, 6.07) is 4.09. The summed E-state index contributed by atoms with van der Waals surface area (Å²) in [7, 11) is 0. The van der Waals surface area contributed by atoms with Gasteiger partial charge in [0.1, 0.15) is 11.5 Å². The van der Waals surface area contributed by atoms with Gasteiger partial charge in [-0.3, -0.25) is 4.79 Å². The number of hydrogen-bond acceptors (Lipinski definition) is 3. The molecule has 1 rings (SSSR count). The lowest BCUT2D eigenvalue weighted by molar-refractivity contribution is 0.0967. The van der Waals surface area contributed by atoms with Crippen LogP contribution in [0.3, 0.4) is 0 Å². The zero-order chi connectivity index (χ0) is 19.7. The van der Waals surface area contributed by atoms with Crippen molar-refractivity contribution in [3.05, 3.63) is 58.7 Å². The Morgan fingerprint density at radius 3 is 2.38 bits per heavy atom. The molecular weight excluding hydrogens is 324 g/mol. The monoisotopic (exact) mass is 356 g/mol. The highest BCUT2D eigenvalue weighted by molar-refractivity contribution is 5.99. The van der Waals surface area contributed by atoms with Crippen molar-refractivity contribution in [1.29, 1.82) is 0 Å². The predicted octanol–water partition coefficient (Wildman–Crippen LogP) is 6.34. The smallest absolute Gasteiger partial charge is 0.167 e. The van der Waals surface area contributed by atoms with Crippen LogP contribution in [0.15, 0.2) is 53.1 Å². The number of hydrogen-bond donors (Lipinski definition) is 2. The molecule has 1 aromatic carbocycles. The topological polar surface area (TPSA) is 57.5 Å². The van der Waals surface area contributed by atoms with Crippen LogP contribution in [0.4, 0.5) is 0 Å². The summed E-state index contributed by atoms with van der Waals surface area (Å²) in [5, 5.41) is 19.1. The van der Waals surface area contributed by atoms with Gasteiger partial charge in [-0.1, -0.05) is 41.9 Å². The van der Waals surface area contributed by atoms with Crippen molar-refractivity contribution < 1.29 is 15.0 Å². The first-order valence-corrected chi connectivity index (χ1v) is 9.21. The molecule has 26 heavy (non-hydrogen) atoms. The van der Waals surface area contributed by atoms with E-state index in [4.69, 9.17) is 0 Å². The van der Waals surface area contributed by atoms with Crippen LogP contribution in [0.25, 0.3) is 0 Å². The average Bonchev–Trinajstić information content (AvgIpc) is 2.54. The van der Waals surface area contributed by atoms with E-state index in [1.807, 2.05) is 13.8 Å². The number of phenols is 2. The second kappa shape index (κ2) is 10.6. The van der Waals surface area contributed by atoms with Crippen LogP contribution in [0.1, 0.15) is 70.7 Å². The van der Waals surface area contributed by atoms with Gasteiger partial charge in [-0.25, -0.2) is 0 Å². The normalized spacial score (nSPS) is 13.4. The van der Waals surface area contributed by atoms with E-state index in [-0.39, 0.29) is 28.8 Å². The number of Topliss-reactive ketones (excluding diaryl/α,β-unsaturated/α-hetero) is 1. The minimum Gasteiger partial charge on any atom is -0.508 e. The molecule has 0 aliphatic carbocycles. The first-order valence-electron chi connectivity index (χ1n) is 9.21. The number of ketones is 1. The van der Waals surface area contributed by atoms with Crippen LogP contribution in [0.2, 0.25) is 0 Å². The van der Waals surface area contributed by atoms with Crippen molar-refractivity contribution in [2.75, 3.05) is 0 Å². The SMILES string of the molecule is CC(C)=CCC/C(C)=C/C/C=C(\C)[C@@H](C)CC(=O)c1ccc(O)cc1O. The van der Waals surface area contributed by atoms with Gasteiger partial charge < -0.3 is 10.2 Å². The lowest BCUT2D eigenvalue weighted by Crippen LogP contribution is -2.07. The Kier molecular flexibility index (Phi) is 8.91. The van der Waals surface area contributed by atoms with E-state index in [1.54, 1.807) is 0 Å². The molecule has 142 valence electrons. The Hall–Kier alpha value is -2.29. The van der Waals surface area contributed by atoms with Crippen LogP contribution >= 0.6 is 0 Å². The van der Waals surface area contributed by atoms with Gasteiger partial charge in [0.15, 0.2) is 5.78 Å². The minimum absolute atomic E-state index is 0.0464. The van der Waals surface area contributed by atoms with Crippen molar-refractivity contribution in [3.8, 4) is 11.5 Å². The first-order chi connectivity index (χ1) is 12.2. The van der Waals surface area contributed by atoms with Crippen LogP contribution in [0, 0.1) is 5.92 Å². The summed E-state index contributed by atoms with van der Waals surface area (Å²) in [6.07, 6.45) is 10.0. The fraction of sp³-hybridized carbons (Fsp3) is 0.435. The van der Waals surface area contributed by atoms with Crippen LogP contribution in [0.5, 0.6) is 11.5 Å². The Morgan fingerprint density at radius 1 is 1.08 bits per heavy atom. The van der Waals surface area contributed by atoms with Crippen molar-refractivity contribution in [3.63, 3.8) is 0 Å². The van der Waals surface area contributed by atoms with Gasteiger partial charge in [0.25, 0.3) is 0 Å². The summed E-state index contributed by atoms with van der Waals surface area (Å²) in [4.78, 5) is 12.4. The maximum absolute atomic E-state index is 12.4. The molecule has 0 saturated heterocycles. The number of aromatic hydroxyl groups is 2. The van der Waals surface area contributed by atoms with E-state index in [9.17, 15) is 15.0 Å². The van der Waals surface area contributed by atoms with Gasteiger partial charge in [-0.05, 0) is 65.0 Å². The lowest BCUT2D eigenvalue weighted by Gasteiger charge is -2.12. The number of rotatable bonds is 9. The fourth-order valence-electron chi connectivity index (χ4n) is 2.64. The van der Waals surface area contributed by atoms with Gasteiger partial charge in [-0.2, -0.15) is 0 Å². The standard InChI is InChI=1S/C23H32O3/c1-16(2)8-6-9-17(3)10-7-11-18(4)19(5)14-22(25)21-13-12-20(24)15-23(21)26/h8,10-13,15,19,24,26H,6-7,9,14H2,1-5H3/b17-10+,18-11+/t19-/m0/s1. The number of carbonyl (C=O) groups is 1. The maximum atomic E-state index is 12.4. The minimum atomic E-state index is -0.168. The third kappa shape index (κ3) is 7.73. The molecule has 0 saturated carbocycles. The molecule has 0 aliphatic heterocycles. The summed E-state index contributed by atoms with van der Waals surface area (Å²) < 4.78 is 0. The number of allylic oxidation sites excluding steroid dienone is 6.